The van der Waals surface area contributed by atoms with Crippen molar-refractivity contribution in [2.24, 2.45) is 0 Å². The van der Waals surface area contributed by atoms with Gasteiger partial charge in [-0.25, -0.2) is 0 Å². The minimum absolute atomic E-state index is 0.159. The van der Waals surface area contributed by atoms with E-state index in [-0.39, 0.29) is 18.1 Å². The molecule has 0 aliphatic rings. The minimum atomic E-state index is -4.85. The molecule has 0 heterocycles. The molecular weight excluding hydrogens is 340 g/mol. The van der Waals surface area contributed by atoms with Gasteiger partial charge in [-0.2, -0.15) is 16.8 Å². The lowest BCUT2D eigenvalue weighted by atomic mass is 10.2. The third-order valence-electron chi connectivity index (χ3n) is 2.36. The highest BCUT2D eigenvalue weighted by molar-refractivity contribution is 7.86. The lowest BCUT2D eigenvalue weighted by Crippen LogP contribution is -2.15. The molecule has 0 saturated heterocycles. The molecule has 0 spiro atoms. The average molecular weight is 354 g/mol. The summed E-state index contributed by atoms with van der Waals surface area (Å²) in [5.74, 6) is -0.651. The number of carbonyl (C=O) groups is 1. The Bertz CT molecular complexity index is 785. The van der Waals surface area contributed by atoms with Crippen LogP contribution in [0.25, 0.3) is 0 Å². The second kappa shape index (κ2) is 6.58. The van der Waals surface area contributed by atoms with Crippen LogP contribution in [0.15, 0.2) is 21.9 Å². The Balaban J connectivity index is 3.67. The van der Waals surface area contributed by atoms with Gasteiger partial charge in [0.2, 0.25) is 5.91 Å². The van der Waals surface area contributed by atoms with Gasteiger partial charge in [0.15, 0.2) is 0 Å². The number of rotatable bonds is 6. The van der Waals surface area contributed by atoms with E-state index in [0.29, 0.717) is 6.07 Å². The summed E-state index contributed by atoms with van der Waals surface area (Å²) < 4.78 is 68.3. The molecule has 22 heavy (non-hydrogen) atoms. The molecule has 0 aromatic heterocycles. The van der Waals surface area contributed by atoms with Crippen LogP contribution in [0.4, 0.5) is 11.4 Å². The maximum Gasteiger partial charge on any atom is 0.296 e. The van der Waals surface area contributed by atoms with E-state index in [1.54, 1.807) is 0 Å². The number of amides is 1. The fourth-order valence-electron chi connectivity index (χ4n) is 1.56. The molecule has 0 saturated carbocycles. The van der Waals surface area contributed by atoms with Gasteiger partial charge in [-0.1, -0.05) is 0 Å². The number of ether oxygens (including phenoxy) is 1. The van der Waals surface area contributed by atoms with E-state index < -0.39 is 35.9 Å². The Hall–Kier alpha value is -1.73. The van der Waals surface area contributed by atoms with Gasteiger partial charge in [0.05, 0.1) is 11.4 Å². The first-order valence-corrected chi connectivity index (χ1v) is 8.48. The first-order chi connectivity index (χ1) is 9.96. The zero-order chi connectivity index (χ0) is 17.1. The van der Waals surface area contributed by atoms with Crippen molar-refractivity contribution in [1.82, 2.24) is 0 Å². The van der Waals surface area contributed by atoms with Gasteiger partial charge < -0.3 is 15.4 Å². The molecule has 0 bridgehead atoms. The van der Waals surface area contributed by atoms with Crippen molar-refractivity contribution in [3.05, 3.63) is 12.1 Å². The first kappa shape index (κ1) is 18.3. The monoisotopic (exact) mass is 354 g/mol. The second-order valence-electron chi connectivity index (χ2n) is 4.09. The summed E-state index contributed by atoms with van der Waals surface area (Å²) in [5.41, 5.74) is -0.582. The number of nitrogens with one attached hydrogen (secondary N) is 2. The topological polar surface area (TPSA) is 159 Å². The molecule has 124 valence electrons. The molecule has 0 unspecified atom stereocenters. The van der Waals surface area contributed by atoms with Crippen molar-refractivity contribution < 1.29 is 35.5 Å². The van der Waals surface area contributed by atoms with Gasteiger partial charge in [-0.3, -0.25) is 13.9 Å². The predicted octanol–water partition coefficient (Wildman–Crippen LogP) is 0.154. The molecule has 12 heteroatoms. The molecule has 0 fully saturated rings. The lowest BCUT2D eigenvalue weighted by Gasteiger charge is -2.14. The van der Waals surface area contributed by atoms with Crippen LogP contribution in [0.2, 0.25) is 0 Å². The largest absolute Gasteiger partial charge is 0.365 e. The molecule has 1 rings (SSSR count). The quantitative estimate of drug-likeness (QED) is 0.412. The van der Waals surface area contributed by atoms with E-state index in [9.17, 15) is 21.6 Å². The van der Waals surface area contributed by atoms with Crippen LogP contribution in [-0.2, 0) is 29.8 Å². The number of hydrogen-bond acceptors (Lipinski definition) is 7. The van der Waals surface area contributed by atoms with Crippen molar-refractivity contribution in [2.75, 3.05) is 24.5 Å². The fourth-order valence-corrected chi connectivity index (χ4v) is 2.97. The number of anilines is 2. The summed E-state index contributed by atoms with van der Waals surface area (Å²) in [4.78, 5) is 9.42. The molecule has 4 N–H and O–H groups in total. The van der Waals surface area contributed by atoms with Gasteiger partial charge in [0, 0.05) is 14.0 Å². The standard InChI is InChI=1S/C10H14N2O8S2/c1-6(13)12-8-3-7(11-5-20-2)9(21(14,15)16)4-10(8)22(17,18)19/h3-4,11H,5H2,1-2H3,(H,12,13)(H,14,15,16)(H,17,18,19). The minimum Gasteiger partial charge on any atom is -0.365 e. The Labute approximate surface area is 127 Å². The van der Waals surface area contributed by atoms with Gasteiger partial charge in [0.25, 0.3) is 20.2 Å². The van der Waals surface area contributed by atoms with Crippen molar-refractivity contribution in [2.45, 2.75) is 16.7 Å². The number of benzene rings is 1. The highest BCUT2D eigenvalue weighted by Gasteiger charge is 2.24. The van der Waals surface area contributed by atoms with Crippen LogP contribution in [0.3, 0.4) is 0 Å². The second-order valence-corrected chi connectivity index (χ2v) is 6.87. The summed E-state index contributed by atoms with van der Waals surface area (Å²) in [5, 5.41) is 4.61. The van der Waals surface area contributed by atoms with Crippen LogP contribution in [0, 0.1) is 0 Å². The highest BCUT2D eigenvalue weighted by atomic mass is 32.2. The molecule has 10 nitrogen and oxygen atoms in total. The van der Waals surface area contributed by atoms with Crippen LogP contribution >= 0.6 is 0 Å². The number of methoxy groups -OCH3 is 1. The Morgan fingerprint density at radius 3 is 2.00 bits per heavy atom. The molecule has 1 amide bonds. The van der Waals surface area contributed by atoms with Crippen LogP contribution in [0.5, 0.6) is 0 Å². The van der Waals surface area contributed by atoms with Crippen LogP contribution in [-0.4, -0.2) is 45.7 Å². The summed E-state index contributed by atoms with van der Waals surface area (Å²) in [6, 6.07) is 1.46. The molecule has 1 aromatic rings. The summed E-state index contributed by atoms with van der Waals surface area (Å²) in [6.07, 6.45) is 0. The van der Waals surface area contributed by atoms with Gasteiger partial charge in [0.1, 0.15) is 16.5 Å². The SMILES string of the molecule is COCNc1cc(NC(C)=O)c(S(=O)(=O)O)cc1S(=O)(=O)O. The van der Waals surface area contributed by atoms with Crippen molar-refractivity contribution in [1.29, 1.82) is 0 Å². The third-order valence-corrected chi connectivity index (χ3v) is 4.14. The highest BCUT2D eigenvalue weighted by Crippen LogP contribution is 2.31. The Morgan fingerprint density at radius 1 is 1.09 bits per heavy atom. The van der Waals surface area contributed by atoms with E-state index in [2.05, 4.69) is 15.4 Å². The zero-order valence-corrected chi connectivity index (χ0v) is 13.2. The van der Waals surface area contributed by atoms with E-state index in [4.69, 9.17) is 9.11 Å². The third kappa shape index (κ3) is 4.64. The van der Waals surface area contributed by atoms with E-state index in [1.807, 2.05) is 0 Å². The Kier molecular flexibility index (Phi) is 5.48. The number of hydrogen-bond donors (Lipinski definition) is 4. The molecule has 0 aliphatic carbocycles. The fraction of sp³-hybridized carbons (Fsp3) is 0.300. The maximum absolute atomic E-state index is 11.3. The molecular formula is C10H14N2O8S2. The maximum atomic E-state index is 11.3. The normalized spacial score (nSPS) is 12.0. The van der Waals surface area contributed by atoms with E-state index >= 15 is 0 Å². The molecule has 0 atom stereocenters. The van der Waals surface area contributed by atoms with Gasteiger partial charge in [-0.15, -0.1) is 0 Å². The van der Waals surface area contributed by atoms with E-state index in [0.717, 1.165) is 13.0 Å². The lowest BCUT2D eigenvalue weighted by molar-refractivity contribution is -0.114. The van der Waals surface area contributed by atoms with Gasteiger partial charge >= 0.3 is 0 Å². The smallest absolute Gasteiger partial charge is 0.296 e. The Morgan fingerprint density at radius 2 is 1.59 bits per heavy atom. The van der Waals surface area contributed by atoms with Crippen molar-refractivity contribution in [3.8, 4) is 0 Å². The molecule has 0 aliphatic heterocycles. The zero-order valence-electron chi connectivity index (χ0n) is 11.5. The predicted molar refractivity (Wildman–Crippen MR) is 75.9 cm³/mol. The summed E-state index contributed by atoms with van der Waals surface area (Å²) >= 11 is 0. The summed E-state index contributed by atoms with van der Waals surface area (Å²) in [6.45, 7) is 0.931. The number of carbonyl (C=O) groups excluding carboxylic acids is 1. The average Bonchev–Trinajstić information content (AvgIpc) is 2.32. The molecule has 0 radical (unpaired) electrons. The van der Waals surface area contributed by atoms with Crippen molar-refractivity contribution in [3.63, 3.8) is 0 Å². The van der Waals surface area contributed by atoms with E-state index in [1.165, 1.54) is 7.11 Å². The van der Waals surface area contributed by atoms with Crippen molar-refractivity contribution >= 4 is 37.5 Å². The summed E-state index contributed by atoms with van der Waals surface area (Å²) in [7, 11) is -8.34. The molecule has 1 aromatic carbocycles. The first-order valence-electron chi connectivity index (χ1n) is 5.60. The van der Waals surface area contributed by atoms with Crippen LogP contribution < -0.4 is 10.6 Å². The van der Waals surface area contributed by atoms with Gasteiger partial charge in [-0.05, 0) is 12.1 Å². The van der Waals surface area contributed by atoms with Crippen LogP contribution in [0.1, 0.15) is 6.92 Å².